The van der Waals surface area contributed by atoms with Crippen molar-refractivity contribution >= 4 is 17.5 Å². The van der Waals surface area contributed by atoms with Gasteiger partial charge in [-0.1, -0.05) is 26.7 Å². The summed E-state index contributed by atoms with van der Waals surface area (Å²) in [7, 11) is 0. The molecule has 2 heteroatoms. The molecule has 0 aromatic carbocycles. The van der Waals surface area contributed by atoms with Gasteiger partial charge in [0.25, 0.3) is 0 Å². The third-order valence-electron chi connectivity index (χ3n) is 4.10. The topological polar surface area (TPSA) is 17.1 Å². The lowest BCUT2D eigenvalue weighted by molar-refractivity contribution is -0.125. The molecule has 1 saturated heterocycles. The van der Waals surface area contributed by atoms with Gasteiger partial charge in [-0.3, -0.25) is 4.79 Å². The van der Waals surface area contributed by atoms with Gasteiger partial charge in [-0.2, -0.15) is 11.8 Å². The highest BCUT2D eigenvalue weighted by Crippen LogP contribution is 2.45. The van der Waals surface area contributed by atoms with Gasteiger partial charge in [-0.05, 0) is 36.9 Å². The van der Waals surface area contributed by atoms with Crippen LogP contribution in [-0.2, 0) is 4.79 Å². The third-order valence-corrected chi connectivity index (χ3v) is 5.49. The van der Waals surface area contributed by atoms with E-state index in [2.05, 4.69) is 13.8 Å². The predicted octanol–water partition coefficient (Wildman–Crippen LogP) is 3.67. The van der Waals surface area contributed by atoms with Crippen molar-refractivity contribution in [2.45, 2.75) is 57.6 Å². The molecule has 0 spiro atoms. The Morgan fingerprint density at radius 3 is 2.53 bits per heavy atom. The van der Waals surface area contributed by atoms with Crippen molar-refractivity contribution < 1.29 is 4.79 Å². The number of ketones is 1. The van der Waals surface area contributed by atoms with Gasteiger partial charge in [0.2, 0.25) is 0 Å². The van der Waals surface area contributed by atoms with Crippen molar-refractivity contribution in [3.05, 3.63) is 0 Å². The first-order chi connectivity index (χ1) is 7.11. The molecule has 15 heavy (non-hydrogen) atoms. The number of Topliss-reactive ketones (excluding diaryl/α,β-unsaturated/α-hetero) is 1. The van der Waals surface area contributed by atoms with Crippen molar-refractivity contribution in [3.8, 4) is 0 Å². The summed E-state index contributed by atoms with van der Waals surface area (Å²) < 4.78 is 0. The van der Waals surface area contributed by atoms with Gasteiger partial charge in [0.05, 0.1) is 5.25 Å². The summed E-state index contributed by atoms with van der Waals surface area (Å²) in [6.45, 7) is 4.55. The molecule has 0 N–H and O–H groups in total. The maximum absolute atomic E-state index is 12.4. The van der Waals surface area contributed by atoms with Crippen LogP contribution >= 0.6 is 11.8 Å². The predicted molar refractivity (Wildman–Crippen MR) is 66.2 cm³/mol. The average molecular weight is 226 g/mol. The highest BCUT2D eigenvalue weighted by molar-refractivity contribution is 8.00. The molecule has 0 amide bonds. The largest absolute Gasteiger partial charge is 0.298 e. The Morgan fingerprint density at radius 2 is 2.00 bits per heavy atom. The molecule has 1 saturated carbocycles. The minimum atomic E-state index is 0.273. The zero-order valence-corrected chi connectivity index (χ0v) is 10.7. The van der Waals surface area contributed by atoms with Crippen LogP contribution < -0.4 is 0 Å². The zero-order chi connectivity index (χ0) is 10.9. The number of hydrogen-bond donors (Lipinski definition) is 0. The van der Waals surface area contributed by atoms with E-state index in [0.717, 1.165) is 12.8 Å². The second-order valence-corrected chi connectivity index (χ2v) is 7.00. The second kappa shape index (κ2) is 4.48. The Bertz CT molecular complexity index is 241. The highest BCUT2D eigenvalue weighted by Gasteiger charge is 2.41. The lowest BCUT2D eigenvalue weighted by Gasteiger charge is -2.30. The maximum Gasteiger partial charge on any atom is 0.149 e. The molecule has 2 atom stereocenters. The lowest BCUT2D eigenvalue weighted by Crippen LogP contribution is -2.33. The summed E-state index contributed by atoms with van der Waals surface area (Å²) in [5, 5.41) is 0.334. The molecular weight excluding hydrogens is 204 g/mol. The van der Waals surface area contributed by atoms with E-state index in [1.54, 1.807) is 0 Å². The van der Waals surface area contributed by atoms with E-state index in [4.69, 9.17) is 0 Å². The Balaban J connectivity index is 2.00. The molecule has 2 unspecified atom stereocenters. The molecule has 2 fully saturated rings. The number of rotatable bonds is 2. The van der Waals surface area contributed by atoms with Gasteiger partial charge in [-0.25, -0.2) is 0 Å². The minimum absolute atomic E-state index is 0.273. The summed E-state index contributed by atoms with van der Waals surface area (Å²) in [4.78, 5) is 12.4. The van der Waals surface area contributed by atoms with Crippen LogP contribution in [0.2, 0.25) is 0 Å². The molecule has 2 aliphatic rings. The standard InChI is InChI=1S/C13H22OS/c1-13(2)8-5-6-10(13)12(14)11-7-3-4-9-15-11/h10-11H,3-9H2,1-2H3. The van der Waals surface area contributed by atoms with Crippen molar-refractivity contribution in [1.82, 2.24) is 0 Å². The van der Waals surface area contributed by atoms with Gasteiger partial charge in [-0.15, -0.1) is 0 Å². The summed E-state index contributed by atoms with van der Waals surface area (Å²) in [5.74, 6) is 2.12. The number of thioether (sulfide) groups is 1. The van der Waals surface area contributed by atoms with Crippen molar-refractivity contribution in [2.24, 2.45) is 11.3 Å². The van der Waals surface area contributed by atoms with Gasteiger partial charge in [0.1, 0.15) is 5.78 Å². The van der Waals surface area contributed by atoms with Crippen LogP contribution in [0.3, 0.4) is 0 Å². The van der Waals surface area contributed by atoms with E-state index in [1.807, 2.05) is 11.8 Å². The van der Waals surface area contributed by atoms with E-state index < -0.39 is 0 Å². The Hall–Kier alpha value is 0.0200. The summed E-state index contributed by atoms with van der Waals surface area (Å²) in [5.41, 5.74) is 0.273. The van der Waals surface area contributed by atoms with Gasteiger partial charge in [0, 0.05) is 5.92 Å². The van der Waals surface area contributed by atoms with Crippen LogP contribution in [0.1, 0.15) is 52.4 Å². The molecule has 1 aliphatic heterocycles. The third kappa shape index (κ3) is 2.41. The first-order valence-electron chi connectivity index (χ1n) is 6.26. The molecule has 1 heterocycles. The first kappa shape index (κ1) is 11.5. The van der Waals surface area contributed by atoms with E-state index in [-0.39, 0.29) is 5.41 Å². The number of hydrogen-bond acceptors (Lipinski definition) is 2. The minimum Gasteiger partial charge on any atom is -0.298 e. The molecule has 0 aromatic heterocycles. The lowest BCUT2D eigenvalue weighted by atomic mass is 9.78. The quantitative estimate of drug-likeness (QED) is 0.714. The van der Waals surface area contributed by atoms with Crippen molar-refractivity contribution in [1.29, 1.82) is 0 Å². The van der Waals surface area contributed by atoms with Crippen LogP contribution in [0, 0.1) is 11.3 Å². The molecule has 1 aliphatic carbocycles. The normalized spacial score (nSPS) is 35.3. The first-order valence-corrected chi connectivity index (χ1v) is 7.31. The molecule has 2 rings (SSSR count). The summed E-state index contributed by atoms with van der Waals surface area (Å²) in [6.07, 6.45) is 7.33. The summed E-state index contributed by atoms with van der Waals surface area (Å²) >= 11 is 1.91. The van der Waals surface area contributed by atoms with E-state index in [1.165, 1.54) is 31.4 Å². The Morgan fingerprint density at radius 1 is 1.20 bits per heavy atom. The fourth-order valence-electron chi connectivity index (χ4n) is 3.04. The van der Waals surface area contributed by atoms with Crippen molar-refractivity contribution in [2.75, 3.05) is 5.75 Å². The van der Waals surface area contributed by atoms with Crippen molar-refractivity contribution in [3.63, 3.8) is 0 Å². The monoisotopic (exact) mass is 226 g/mol. The van der Waals surface area contributed by atoms with Gasteiger partial charge in [0.15, 0.2) is 0 Å². The van der Waals surface area contributed by atoms with Crippen LogP contribution in [0.25, 0.3) is 0 Å². The molecule has 0 aromatic rings. The molecule has 0 radical (unpaired) electrons. The maximum atomic E-state index is 12.4. The fraction of sp³-hybridized carbons (Fsp3) is 0.923. The van der Waals surface area contributed by atoms with E-state index in [9.17, 15) is 4.79 Å². The van der Waals surface area contributed by atoms with Crippen LogP contribution in [-0.4, -0.2) is 16.8 Å². The summed E-state index contributed by atoms with van der Waals surface area (Å²) in [6, 6.07) is 0. The molecule has 0 bridgehead atoms. The van der Waals surface area contributed by atoms with E-state index in [0.29, 0.717) is 17.0 Å². The molecule has 1 nitrogen and oxygen atoms in total. The highest BCUT2D eigenvalue weighted by atomic mass is 32.2. The Kier molecular flexibility index (Phi) is 3.44. The number of carbonyl (C=O) groups excluding carboxylic acids is 1. The molecule has 86 valence electrons. The number of carbonyl (C=O) groups is 1. The Labute approximate surface area is 97.4 Å². The van der Waals surface area contributed by atoms with Crippen LogP contribution in [0.4, 0.5) is 0 Å². The van der Waals surface area contributed by atoms with Crippen LogP contribution in [0.5, 0.6) is 0 Å². The van der Waals surface area contributed by atoms with Gasteiger partial charge < -0.3 is 0 Å². The fourth-order valence-corrected chi connectivity index (χ4v) is 4.36. The van der Waals surface area contributed by atoms with Gasteiger partial charge >= 0.3 is 0 Å². The molecular formula is C13H22OS. The smallest absolute Gasteiger partial charge is 0.149 e. The second-order valence-electron chi connectivity index (χ2n) is 5.69. The van der Waals surface area contributed by atoms with Crippen LogP contribution in [0.15, 0.2) is 0 Å². The SMILES string of the molecule is CC1(C)CCCC1C(=O)C1CCCCS1. The average Bonchev–Trinajstić information content (AvgIpc) is 2.58. The zero-order valence-electron chi connectivity index (χ0n) is 9.92. The van der Waals surface area contributed by atoms with E-state index >= 15 is 0 Å².